The van der Waals surface area contributed by atoms with Crippen molar-refractivity contribution in [2.75, 3.05) is 0 Å². The van der Waals surface area contributed by atoms with E-state index in [1.165, 1.54) is 0 Å². The SMILES string of the molecule is CCC(C)NC(=O)C(C)NC(C)(C)CC. The number of nitrogens with one attached hydrogen (secondary N) is 2. The van der Waals surface area contributed by atoms with Crippen LogP contribution in [0.15, 0.2) is 0 Å². The van der Waals surface area contributed by atoms with Gasteiger partial charge in [-0.25, -0.2) is 0 Å². The first kappa shape index (κ1) is 14.4. The van der Waals surface area contributed by atoms with Crippen molar-refractivity contribution in [1.82, 2.24) is 10.6 Å². The second kappa shape index (κ2) is 6.11. The van der Waals surface area contributed by atoms with Crippen molar-refractivity contribution < 1.29 is 4.79 Å². The van der Waals surface area contributed by atoms with Gasteiger partial charge in [0.25, 0.3) is 0 Å². The van der Waals surface area contributed by atoms with E-state index in [1.54, 1.807) is 0 Å². The summed E-state index contributed by atoms with van der Waals surface area (Å²) >= 11 is 0. The first-order chi connectivity index (χ1) is 6.82. The van der Waals surface area contributed by atoms with Crippen LogP contribution in [0.4, 0.5) is 0 Å². The molecule has 0 aromatic heterocycles. The Morgan fingerprint density at radius 3 is 2.20 bits per heavy atom. The van der Waals surface area contributed by atoms with Crippen molar-refractivity contribution in [3.63, 3.8) is 0 Å². The number of hydrogen-bond acceptors (Lipinski definition) is 2. The first-order valence-electron chi connectivity index (χ1n) is 5.90. The zero-order valence-corrected chi connectivity index (χ0v) is 11.0. The molecule has 0 heterocycles. The van der Waals surface area contributed by atoms with Crippen LogP contribution < -0.4 is 10.6 Å². The monoisotopic (exact) mass is 214 g/mol. The quantitative estimate of drug-likeness (QED) is 0.710. The zero-order chi connectivity index (χ0) is 12.1. The van der Waals surface area contributed by atoms with Crippen molar-refractivity contribution in [2.45, 2.75) is 72.0 Å². The van der Waals surface area contributed by atoms with Gasteiger partial charge in [-0.15, -0.1) is 0 Å². The molecule has 90 valence electrons. The molecular weight excluding hydrogens is 188 g/mol. The van der Waals surface area contributed by atoms with Gasteiger partial charge in [-0.3, -0.25) is 4.79 Å². The molecule has 15 heavy (non-hydrogen) atoms. The Kier molecular flexibility index (Phi) is 5.88. The Hall–Kier alpha value is -0.570. The molecule has 0 rings (SSSR count). The fourth-order valence-electron chi connectivity index (χ4n) is 1.22. The lowest BCUT2D eigenvalue weighted by atomic mass is 10.0. The molecule has 0 aromatic rings. The number of carbonyl (C=O) groups excluding carboxylic acids is 1. The maximum absolute atomic E-state index is 11.7. The van der Waals surface area contributed by atoms with Gasteiger partial charge >= 0.3 is 0 Å². The molecule has 0 aliphatic heterocycles. The van der Waals surface area contributed by atoms with Gasteiger partial charge in [0.15, 0.2) is 0 Å². The van der Waals surface area contributed by atoms with Crippen LogP contribution in [0.2, 0.25) is 0 Å². The summed E-state index contributed by atoms with van der Waals surface area (Å²) in [6, 6.07) is 0.125. The molecule has 0 aliphatic carbocycles. The summed E-state index contributed by atoms with van der Waals surface area (Å²) in [5.41, 5.74) is 0.0200. The normalized spacial score (nSPS) is 15.9. The van der Waals surface area contributed by atoms with E-state index in [1.807, 2.05) is 13.8 Å². The van der Waals surface area contributed by atoms with Crippen LogP contribution in [0.5, 0.6) is 0 Å². The highest BCUT2D eigenvalue weighted by Gasteiger charge is 2.22. The Labute approximate surface area is 94.0 Å². The molecule has 1 amide bonds. The third-order valence-electron chi connectivity index (χ3n) is 2.89. The van der Waals surface area contributed by atoms with E-state index < -0.39 is 0 Å². The molecule has 2 atom stereocenters. The fraction of sp³-hybridized carbons (Fsp3) is 0.917. The van der Waals surface area contributed by atoms with Crippen LogP contribution in [0.1, 0.15) is 54.4 Å². The molecule has 0 saturated heterocycles. The van der Waals surface area contributed by atoms with Gasteiger partial charge in [0.2, 0.25) is 5.91 Å². The largest absolute Gasteiger partial charge is 0.352 e. The maximum atomic E-state index is 11.7. The van der Waals surface area contributed by atoms with Gasteiger partial charge in [-0.2, -0.15) is 0 Å². The second-order valence-electron chi connectivity index (χ2n) is 4.92. The summed E-state index contributed by atoms with van der Waals surface area (Å²) in [6.07, 6.45) is 1.98. The lowest BCUT2D eigenvalue weighted by Crippen LogP contribution is -2.52. The number of hydrogen-bond donors (Lipinski definition) is 2. The third-order valence-corrected chi connectivity index (χ3v) is 2.89. The van der Waals surface area contributed by atoms with E-state index >= 15 is 0 Å². The highest BCUT2D eigenvalue weighted by atomic mass is 16.2. The molecule has 3 heteroatoms. The number of rotatable bonds is 6. The van der Waals surface area contributed by atoms with E-state index in [9.17, 15) is 4.79 Å². The Morgan fingerprint density at radius 2 is 1.80 bits per heavy atom. The molecule has 0 fully saturated rings. The molecule has 0 aliphatic rings. The third kappa shape index (κ3) is 5.78. The van der Waals surface area contributed by atoms with Crippen LogP contribution in [-0.2, 0) is 4.79 Å². The van der Waals surface area contributed by atoms with E-state index in [2.05, 4.69) is 38.3 Å². The molecule has 3 nitrogen and oxygen atoms in total. The van der Waals surface area contributed by atoms with Gasteiger partial charge in [0.1, 0.15) is 0 Å². The Balaban J connectivity index is 4.10. The van der Waals surface area contributed by atoms with Crippen LogP contribution in [0.3, 0.4) is 0 Å². The van der Waals surface area contributed by atoms with Gasteiger partial charge in [-0.05, 0) is 40.5 Å². The summed E-state index contributed by atoms with van der Waals surface area (Å²) in [6.45, 7) is 12.3. The highest BCUT2D eigenvalue weighted by Crippen LogP contribution is 2.08. The average Bonchev–Trinajstić information content (AvgIpc) is 2.16. The molecule has 0 bridgehead atoms. The standard InChI is InChI=1S/C12H26N2O/c1-7-9(3)13-11(15)10(4)14-12(5,6)8-2/h9-10,14H,7-8H2,1-6H3,(H,13,15). The lowest BCUT2D eigenvalue weighted by molar-refractivity contribution is -0.123. The minimum atomic E-state index is -0.131. The maximum Gasteiger partial charge on any atom is 0.237 e. The minimum Gasteiger partial charge on any atom is -0.352 e. The van der Waals surface area contributed by atoms with Gasteiger partial charge in [-0.1, -0.05) is 13.8 Å². The van der Waals surface area contributed by atoms with Gasteiger partial charge in [0.05, 0.1) is 6.04 Å². The van der Waals surface area contributed by atoms with E-state index in [0.717, 1.165) is 12.8 Å². The fourth-order valence-corrected chi connectivity index (χ4v) is 1.22. The van der Waals surface area contributed by atoms with E-state index in [4.69, 9.17) is 0 Å². The van der Waals surface area contributed by atoms with Gasteiger partial charge < -0.3 is 10.6 Å². The molecule has 0 radical (unpaired) electrons. The summed E-state index contributed by atoms with van der Waals surface area (Å²) in [7, 11) is 0. The van der Waals surface area contributed by atoms with Crippen molar-refractivity contribution in [2.24, 2.45) is 0 Å². The summed E-state index contributed by atoms with van der Waals surface area (Å²) in [4.78, 5) is 11.7. The summed E-state index contributed by atoms with van der Waals surface area (Å²) in [5.74, 6) is 0.0888. The lowest BCUT2D eigenvalue weighted by Gasteiger charge is -2.29. The first-order valence-corrected chi connectivity index (χ1v) is 5.90. The van der Waals surface area contributed by atoms with Crippen molar-refractivity contribution in [3.8, 4) is 0 Å². The van der Waals surface area contributed by atoms with Crippen LogP contribution in [0.25, 0.3) is 0 Å². The van der Waals surface area contributed by atoms with Gasteiger partial charge in [0, 0.05) is 11.6 Å². The molecule has 0 aromatic carbocycles. The summed E-state index contributed by atoms with van der Waals surface area (Å²) in [5, 5.41) is 6.30. The van der Waals surface area contributed by atoms with Crippen LogP contribution in [-0.4, -0.2) is 23.5 Å². The predicted octanol–water partition coefficient (Wildman–Crippen LogP) is 2.07. The smallest absolute Gasteiger partial charge is 0.237 e. The number of carbonyl (C=O) groups is 1. The Bertz CT molecular complexity index is 202. The average molecular weight is 214 g/mol. The minimum absolute atomic E-state index is 0.0200. The highest BCUT2D eigenvalue weighted by molar-refractivity contribution is 5.81. The topological polar surface area (TPSA) is 41.1 Å². The molecule has 0 spiro atoms. The second-order valence-corrected chi connectivity index (χ2v) is 4.92. The van der Waals surface area contributed by atoms with Crippen molar-refractivity contribution in [3.05, 3.63) is 0 Å². The molecule has 2 N–H and O–H groups in total. The summed E-state index contributed by atoms with van der Waals surface area (Å²) < 4.78 is 0. The number of amides is 1. The molecule has 0 saturated carbocycles. The van der Waals surface area contributed by atoms with Crippen molar-refractivity contribution in [1.29, 1.82) is 0 Å². The van der Waals surface area contributed by atoms with Crippen LogP contribution in [0, 0.1) is 0 Å². The molecular formula is C12H26N2O. The van der Waals surface area contributed by atoms with Crippen molar-refractivity contribution >= 4 is 5.91 Å². The van der Waals surface area contributed by atoms with E-state index in [-0.39, 0.29) is 23.5 Å². The molecule has 2 unspecified atom stereocenters. The Morgan fingerprint density at radius 1 is 1.27 bits per heavy atom. The van der Waals surface area contributed by atoms with E-state index in [0.29, 0.717) is 0 Å². The zero-order valence-electron chi connectivity index (χ0n) is 11.0. The van der Waals surface area contributed by atoms with Crippen LogP contribution >= 0.6 is 0 Å². The predicted molar refractivity (Wildman–Crippen MR) is 64.9 cm³/mol.